The maximum absolute atomic E-state index is 14.1. The number of hydrogen-bond donors (Lipinski definition) is 2. The molecule has 0 aliphatic carbocycles. The molecule has 7 nitrogen and oxygen atoms in total. The lowest BCUT2D eigenvalue weighted by Crippen LogP contribution is -2.50. The fourth-order valence-corrected chi connectivity index (χ4v) is 6.32. The van der Waals surface area contributed by atoms with Gasteiger partial charge in [0.2, 0.25) is 0 Å². The van der Waals surface area contributed by atoms with Crippen molar-refractivity contribution in [3.8, 4) is 0 Å². The molecule has 1 heterocycles. The van der Waals surface area contributed by atoms with E-state index in [4.69, 9.17) is 9.47 Å². The summed E-state index contributed by atoms with van der Waals surface area (Å²) in [6, 6.07) is 36.6. The second-order valence-electron chi connectivity index (χ2n) is 12.1. The molecule has 0 saturated carbocycles. The zero-order valence-electron chi connectivity index (χ0n) is 27.0. The molecule has 7 heteroatoms. The SMILES string of the molecule is COC(=O)N[C@H](C(=O)Cc1ccccc1CC[C@@H]1CN[C@H](C(=O)CCCc2ccccc2)CO1)C(c1ccccc1)c1ccccc1. The van der Waals surface area contributed by atoms with Crippen LogP contribution in [0.4, 0.5) is 4.79 Å². The first-order valence-electron chi connectivity index (χ1n) is 16.5. The molecule has 0 aromatic heterocycles. The predicted octanol–water partition coefficient (Wildman–Crippen LogP) is 6.24. The number of aryl methyl sites for hydroxylation is 2. The number of hydrogen-bond acceptors (Lipinski definition) is 6. The molecule has 47 heavy (non-hydrogen) atoms. The summed E-state index contributed by atoms with van der Waals surface area (Å²) < 4.78 is 11.1. The van der Waals surface area contributed by atoms with Gasteiger partial charge in [-0.1, -0.05) is 115 Å². The molecule has 4 aromatic carbocycles. The summed E-state index contributed by atoms with van der Waals surface area (Å²) in [6.07, 6.45) is 3.21. The quantitative estimate of drug-likeness (QED) is 0.161. The zero-order chi connectivity index (χ0) is 32.8. The van der Waals surface area contributed by atoms with Crippen LogP contribution in [0.5, 0.6) is 0 Å². The highest BCUT2D eigenvalue weighted by atomic mass is 16.5. The van der Waals surface area contributed by atoms with Gasteiger partial charge in [0.05, 0.1) is 25.9 Å². The van der Waals surface area contributed by atoms with E-state index in [1.807, 2.05) is 103 Å². The van der Waals surface area contributed by atoms with Gasteiger partial charge in [0.25, 0.3) is 0 Å². The second kappa shape index (κ2) is 17.4. The summed E-state index contributed by atoms with van der Waals surface area (Å²) in [5, 5.41) is 6.26. The Hall–Kier alpha value is -4.59. The molecule has 1 saturated heterocycles. The Kier molecular flexibility index (Phi) is 12.5. The van der Waals surface area contributed by atoms with Crippen LogP contribution in [0.2, 0.25) is 0 Å². The van der Waals surface area contributed by atoms with E-state index in [0.717, 1.165) is 47.9 Å². The highest BCUT2D eigenvalue weighted by molar-refractivity contribution is 5.91. The lowest BCUT2D eigenvalue weighted by atomic mass is 9.81. The monoisotopic (exact) mass is 632 g/mol. The van der Waals surface area contributed by atoms with E-state index in [0.29, 0.717) is 19.6 Å². The van der Waals surface area contributed by atoms with E-state index >= 15 is 0 Å². The van der Waals surface area contributed by atoms with Crippen molar-refractivity contribution in [2.75, 3.05) is 20.3 Å². The maximum Gasteiger partial charge on any atom is 0.407 e. The van der Waals surface area contributed by atoms with Crippen LogP contribution in [-0.4, -0.2) is 56.1 Å². The Morgan fingerprint density at radius 3 is 2.00 bits per heavy atom. The summed E-state index contributed by atoms with van der Waals surface area (Å²) in [6.45, 7) is 0.980. The van der Waals surface area contributed by atoms with Crippen LogP contribution in [0.3, 0.4) is 0 Å². The Bertz CT molecular complexity index is 1530. The molecular weight excluding hydrogens is 588 g/mol. The van der Waals surface area contributed by atoms with Crippen LogP contribution in [0.15, 0.2) is 115 Å². The maximum atomic E-state index is 14.1. The van der Waals surface area contributed by atoms with Crippen molar-refractivity contribution in [2.45, 2.75) is 62.6 Å². The second-order valence-corrected chi connectivity index (χ2v) is 12.1. The lowest BCUT2D eigenvalue weighted by molar-refractivity contribution is -0.125. The van der Waals surface area contributed by atoms with Gasteiger partial charge in [-0.05, 0) is 53.5 Å². The Morgan fingerprint density at radius 1 is 0.809 bits per heavy atom. The highest BCUT2D eigenvalue weighted by Gasteiger charge is 2.33. The van der Waals surface area contributed by atoms with Crippen molar-refractivity contribution in [1.29, 1.82) is 0 Å². The van der Waals surface area contributed by atoms with Crippen molar-refractivity contribution in [2.24, 2.45) is 0 Å². The van der Waals surface area contributed by atoms with Gasteiger partial charge >= 0.3 is 6.09 Å². The first-order chi connectivity index (χ1) is 23.0. The number of ether oxygens (including phenoxy) is 2. The van der Waals surface area contributed by atoms with E-state index < -0.39 is 18.1 Å². The van der Waals surface area contributed by atoms with Gasteiger partial charge in [-0.2, -0.15) is 0 Å². The molecule has 244 valence electrons. The first-order valence-corrected chi connectivity index (χ1v) is 16.5. The smallest absolute Gasteiger partial charge is 0.407 e. The zero-order valence-corrected chi connectivity index (χ0v) is 27.0. The third-order valence-corrected chi connectivity index (χ3v) is 8.89. The predicted molar refractivity (Wildman–Crippen MR) is 183 cm³/mol. The molecule has 0 spiro atoms. The highest BCUT2D eigenvalue weighted by Crippen LogP contribution is 2.30. The number of methoxy groups -OCH3 is 1. The molecule has 1 fully saturated rings. The summed E-state index contributed by atoms with van der Waals surface area (Å²) in [5.74, 6) is -0.306. The molecule has 3 atom stereocenters. The minimum absolute atomic E-state index is 0.0265. The molecule has 4 aromatic rings. The first kappa shape index (κ1) is 33.8. The Labute approximate surface area is 277 Å². The van der Waals surface area contributed by atoms with Gasteiger partial charge in [0.15, 0.2) is 11.6 Å². The third-order valence-electron chi connectivity index (χ3n) is 8.89. The fraction of sp³-hybridized carbons (Fsp3) is 0.325. The van der Waals surface area contributed by atoms with E-state index in [-0.39, 0.29) is 30.1 Å². The van der Waals surface area contributed by atoms with Crippen molar-refractivity contribution in [1.82, 2.24) is 10.6 Å². The summed E-state index contributed by atoms with van der Waals surface area (Å²) in [5.41, 5.74) is 5.09. The minimum atomic E-state index is -0.839. The number of carbonyl (C=O) groups is 3. The standard InChI is InChI=1S/C40H44N2O5/c1-46-40(45)42-39(38(31-18-7-3-8-19-31)32-20-9-4-10-21-32)37(44)26-33-22-12-11-17-30(33)24-25-34-27-41-35(28-47-34)36(43)23-13-16-29-14-5-2-6-15-29/h2-12,14-15,17-22,34-35,38-39,41H,13,16,23-28H2,1H3,(H,42,45)/t34-,35+,39-/m1/s1. The molecule has 1 aliphatic rings. The molecule has 1 amide bonds. The number of benzene rings is 4. The van der Waals surface area contributed by atoms with Crippen LogP contribution in [0.25, 0.3) is 0 Å². The number of rotatable bonds is 15. The van der Waals surface area contributed by atoms with Gasteiger partial charge in [-0.15, -0.1) is 0 Å². The number of amides is 1. The van der Waals surface area contributed by atoms with Crippen LogP contribution < -0.4 is 10.6 Å². The summed E-state index contributed by atoms with van der Waals surface area (Å²) in [7, 11) is 1.30. The summed E-state index contributed by atoms with van der Waals surface area (Å²) in [4.78, 5) is 39.5. The Balaban J connectivity index is 1.20. The molecule has 0 unspecified atom stereocenters. The van der Waals surface area contributed by atoms with Gasteiger partial charge in [0, 0.05) is 25.3 Å². The van der Waals surface area contributed by atoms with Crippen LogP contribution >= 0.6 is 0 Å². The number of alkyl carbamates (subject to hydrolysis) is 1. The largest absolute Gasteiger partial charge is 0.453 e. The van der Waals surface area contributed by atoms with Crippen molar-refractivity contribution in [3.05, 3.63) is 143 Å². The molecule has 2 N–H and O–H groups in total. The molecule has 1 aliphatic heterocycles. The lowest BCUT2D eigenvalue weighted by Gasteiger charge is -2.30. The van der Waals surface area contributed by atoms with Crippen molar-refractivity contribution in [3.63, 3.8) is 0 Å². The normalized spacial score (nSPS) is 16.7. The van der Waals surface area contributed by atoms with E-state index in [2.05, 4.69) is 22.8 Å². The number of Topliss-reactive ketones (excluding diaryl/α,β-unsaturated/α-hetero) is 2. The average Bonchev–Trinajstić information content (AvgIpc) is 3.12. The molecular formula is C40H44N2O5. The fourth-order valence-electron chi connectivity index (χ4n) is 6.32. The summed E-state index contributed by atoms with van der Waals surface area (Å²) >= 11 is 0. The molecule has 5 rings (SSSR count). The Morgan fingerprint density at radius 2 is 1.40 bits per heavy atom. The number of ketones is 2. The topological polar surface area (TPSA) is 93.7 Å². The molecule has 0 bridgehead atoms. The van der Waals surface area contributed by atoms with Gasteiger partial charge < -0.3 is 20.1 Å². The van der Waals surface area contributed by atoms with Crippen molar-refractivity contribution >= 4 is 17.7 Å². The van der Waals surface area contributed by atoms with Crippen LogP contribution in [-0.2, 0) is 38.3 Å². The van der Waals surface area contributed by atoms with E-state index in [1.165, 1.54) is 12.7 Å². The van der Waals surface area contributed by atoms with Gasteiger partial charge in [-0.3, -0.25) is 9.59 Å². The molecule has 0 radical (unpaired) electrons. The minimum Gasteiger partial charge on any atom is -0.453 e. The van der Waals surface area contributed by atoms with E-state index in [1.54, 1.807) is 0 Å². The number of nitrogens with one attached hydrogen (secondary N) is 2. The van der Waals surface area contributed by atoms with Gasteiger partial charge in [0.1, 0.15) is 6.04 Å². The third kappa shape index (κ3) is 9.70. The van der Waals surface area contributed by atoms with Gasteiger partial charge in [-0.25, -0.2) is 4.79 Å². The van der Waals surface area contributed by atoms with Crippen molar-refractivity contribution < 1.29 is 23.9 Å². The van der Waals surface area contributed by atoms with Crippen LogP contribution in [0.1, 0.15) is 53.0 Å². The average molecular weight is 633 g/mol. The number of morpholine rings is 1. The van der Waals surface area contributed by atoms with E-state index in [9.17, 15) is 14.4 Å². The number of carbonyl (C=O) groups excluding carboxylic acids is 3. The van der Waals surface area contributed by atoms with Crippen LogP contribution in [0, 0.1) is 0 Å².